The van der Waals surface area contributed by atoms with E-state index >= 15 is 0 Å². The van der Waals surface area contributed by atoms with Gasteiger partial charge in [-0.1, -0.05) is 12.8 Å². The van der Waals surface area contributed by atoms with Crippen LogP contribution in [0.1, 0.15) is 43.1 Å². The maximum Gasteiger partial charge on any atom is 0.355 e. The summed E-state index contributed by atoms with van der Waals surface area (Å²) in [6.07, 6.45) is 6.00. The Balaban J connectivity index is 1.85. The number of amides is 1. The van der Waals surface area contributed by atoms with E-state index in [9.17, 15) is 9.59 Å². The van der Waals surface area contributed by atoms with Crippen molar-refractivity contribution in [3.05, 3.63) is 24.1 Å². The van der Waals surface area contributed by atoms with Gasteiger partial charge in [0, 0.05) is 25.2 Å². The summed E-state index contributed by atoms with van der Waals surface area (Å²) in [6, 6.07) is 3.41. The summed E-state index contributed by atoms with van der Waals surface area (Å²) < 4.78 is 12.1. The Hall–Kier alpha value is -2.24. The number of carbonyl (C=O) groups excluding carboxylic acids is 2. The molecule has 0 bridgehead atoms. The molecule has 124 valence electrons. The summed E-state index contributed by atoms with van der Waals surface area (Å²) >= 11 is 0. The Morgan fingerprint density at radius 3 is 2.65 bits per heavy atom. The molecule has 0 spiro atoms. The van der Waals surface area contributed by atoms with E-state index in [1.807, 2.05) is 4.90 Å². The highest BCUT2D eigenvalue weighted by atomic mass is 16.5. The lowest BCUT2D eigenvalue weighted by Gasteiger charge is -2.21. The second kappa shape index (κ2) is 6.89. The lowest BCUT2D eigenvalue weighted by atomic mass is 10.2. The third-order valence-electron chi connectivity index (χ3n) is 4.26. The molecular weight excluding hydrogens is 296 g/mol. The van der Waals surface area contributed by atoms with E-state index in [0.717, 1.165) is 31.4 Å². The molecule has 0 atom stereocenters. The fourth-order valence-electron chi connectivity index (χ4n) is 3.08. The number of esters is 1. The van der Waals surface area contributed by atoms with Crippen LogP contribution in [-0.4, -0.2) is 41.0 Å². The molecule has 0 aromatic carbocycles. The lowest BCUT2D eigenvalue weighted by molar-refractivity contribution is -0.131. The van der Waals surface area contributed by atoms with E-state index in [1.54, 1.807) is 29.9 Å². The van der Waals surface area contributed by atoms with E-state index < -0.39 is 5.97 Å². The number of hydrogen-bond donors (Lipinski definition) is 0. The largest absolute Gasteiger partial charge is 0.463 e. The molecule has 6 heteroatoms. The molecule has 0 N–H and O–H groups in total. The van der Waals surface area contributed by atoms with Crippen molar-refractivity contribution in [3.8, 4) is 0 Å². The van der Waals surface area contributed by atoms with Gasteiger partial charge in [0.05, 0.1) is 18.4 Å². The lowest BCUT2D eigenvalue weighted by Crippen LogP contribution is -2.35. The summed E-state index contributed by atoms with van der Waals surface area (Å²) in [5.41, 5.74) is 1.71. The van der Waals surface area contributed by atoms with Crippen LogP contribution in [0.3, 0.4) is 0 Å². The standard InChI is InChI=1S/C17H22N2O4/c1-2-22-17(21)14-11-15-13(7-10-23-15)19(14)12-16(20)18-8-5-3-4-6-9-18/h7,10-11H,2-6,8-9,12H2,1H3. The number of ether oxygens (including phenoxy) is 1. The summed E-state index contributed by atoms with van der Waals surface area (Å²) in [5, 5.41) is 0. The molecular formula is C17H22N2O4. The fourth-order valence-corrected chi connectivity index (χ4v) is 3.08. The minimum absolute atomic E-state index is 0.0381. The molecule has 0 aliphatic carbocycles. The van der Waals surface area contributed by atoms with Crippen LogP contribution in [0, 0.1) is 0 Å². The number of aromatic nitrogens is 1. The molecule has 2 aromatic rings. The predicted molar refractivity (Wildman–Crippen MR) is 85.2 cm³/mol. The van der Waals surface area contributed by atoms with Gasteiger partial charge < -0.3 is 18.6 Å². The van der Waals surface area contributed by atoms with Gasteiger partial charge in [-0.25, -0.2) is 4.79 Å². The van der Waals surface area contributed by atoms with Crippen LogP contribution in [0.25, 0.3) is 11.1 Å². The molecule has 1 saturated heterocycles. The first kappa shape index (κ1) is 15.6. The second-order valence-electron chi connectivity index (χ2n) is 5.80. The van der Waals surface area contributed by atoms with E-state index in [4.69, 9.17) is 9.15 Å². The Labute approximate surface area is 135 Å². The van der Waals surface area contributed by atoms with Gasteiger partial charge in [0.25, 0.3) is 0 Å². The van der Waals surface area contributed by atoms with E-state index in [0.29, 0.717) is 17.9 Å². The first-order chi connectivity index (χ1) is 11.2. The topological polar surface area (TPSA) is 64.7 Å². The number of fused-ring (bicyclic) bond motifs is 1. The molecule has 23 heavy (non-hydrogen) atoms. The number of hydrogen-bond acceptors (Lipinski definition) is 4. The van der Waals surface area contributed by atoms with Crippen molar-refractivity contribution < 1.29 is 18.7 Å². The van der Waals surface area contributed by atoms with Crippen molar-refractivity contribution in [2.45, 2.75) is 39.2 Å². The summed E-state index contributed by atoms with van der Waals surface area (Å²) in [6.45, 7) is 3.78. The van der Waals surface area contributed by atoms with Gasteiger partial charge in [-0.05, 0) is 19.8 Å². The summed E-state index contributed by atoms with van der Waals surface area (Å²) in [5.74, 6) is -0.390. The average molecular weight is 318 g/mol. The van der Waals surface area contributed by atoms with Crippen molar-refractivity contribution in [3.63, 3.8) is 0 Å². The average Bonchev–Trinajstić information content (AvgIpc) is 3.00. The third kappa shape index (κ3) is 3.25. The number of likely N-dealkylation sites (tertiary alicyclic amines) is 1. The van der Waals surface area contributed by atoms with Crippen LogP contribution in [-0.2, 0) is 16.1 Å². The van der Waals surface area contributed by atoms with Gasteiger partial charge in [-0.15, -0.1) is 0 Å². The van der Waals surface area contributed by atoms with Crippen molar-refractivity contribution in [1.82, 2.24) is 9.47 Å². The van der Waals surface area contributed by atoms with Crippen LogP contribution in [0.4, 0.5) is 0 Å². The highest BCUT2D eigenvalue weighted by molar-refractivity contribution is 5.95. The molecule has 1 amide bonds. The normalized spacial score (nSPS) is 15.6. The maximum absolute atomic E-state index is 12.6. The van der Waals surface area contributed by atoms with Crippen LogP contribution in [0.5, 0.6) is 0 Å². The fraction of sp³-hybridized carbons (Fsp3) is 0.529. The molecule has 6 nitrogen and oxygen atoms in total. The van der Waals surface area contributed by atoms with Crippen LogP contribution in [0.15, 0.2) is 22.8 Å². The monoisotopic (exact) mass is 318 g/mol. The number of carbonyl (C=O) groups is 2. The van der Waals surface area contributed by atoms with Gasteiger partial charge >= 0.3 is 5.97 Å². The predicted octanol–water partition coefficient (Wildman–Crippen LogP) is 2.81. The minimum atomic E-state index is -0.428. The zero-order valence-corrected chi connectivity index (χ0v) is 13.4. The first-order valence-electron chi connectivity index (χ1n) is 8.22. The molecule has 0 unspecified atom stereocenters. The minimum Gasteiger partial charge on any atom is -0.463 e. The molecule has 1 aliphatic heterocycles. The highest BCUT2D eigenvalue weighted by Crippen LogP contribution is 2.22. The Kier molecular flexibility index (Phi) is 4.69. The number of nitrogens with zero attached hydrogens (tertiary/aromatic N) is 2. The Bertz CT molecular complexity index is 693. The highest BCUT2D eigenvalue weighted by Gasteiger charge is 2.22. The SMILES string of the molecule is CCOC(=O)c1cc2occc2n1CC(=O)N1CCCCCC1. The zero-order valence-electron chi connectivity index (χ0n) is 13.4. The van der Waals surface area contributed by atoms with Crippen LogP contribution in [0.2, 0.25) is 0 Å². The Morgan fingerprint density at radius 1 is 1.22 bits per heavy atom. The molecule has 3 heterocycles. The van der Waals surface area contributed by atoms with Gasteiger partial charge in [-0.3, -0.25) is 4.79 Å². The summed E-state index contributed by atoms with van der Waals surface area (Å²) in [7, 11) is 0. The molecule has 3 rings (SSSR count). The summed E-state index contributed by atoms with van der Waals surface area (Å²) in [4.78, 5) is 26.7. The van der Waals surface area contributed by atoms with E-state index in [1.165, 1.54) is 12.8 Å². The zero-order chi connectivity index (χ0) is 16.2. The quantitative estimate of drug-likeness (QED) is 0.813. The Morgan fingerprint density at radius 2 is 1.96 bits per heavy atom. The van der Waals surface area contributed by atoms with E-state index in [2.05, 4.69) is 0 Å². The van der Waals surface area contributed by atoms with Gasteiger partial charge in [0.2, 0.25) is 5.91 Å². The third-order valence-corrected chi connectivity index (χ3v) is 4.26. The molecule has 1 aliphatic rings. The number of furan rings is 1. The van der Waals surface area contributed by atoms with E-state index in [-0.39, 0.29) is 12.5 Å². The molecule has 0 saturated carbocycles. The van der Waals surface area contributed by atoms with Crippen molar-refractivity contribution in [2.75, 3.05) is 19.7 Å². The van der Waals surface area contributed by atoms with Crippen LogP contribution < -0.4 is 0 Å². The van der Waals surface area contributed by atoms with Crippen molar-refractivity contribution in [2.24, 2.45) is 0 Å². The van der Waals surface area contributed by atoms with Crippen molar-refractivity contribution in [1.29, 1.82) is 0 Å². The number of rotatable bonds is 4. The van der Waals surface area contributed by atoms with Crippen molar-refractivity contribution >= 4 is 23.0 Å². The van der Waals surface area contributed by atoms with Gasteiger partial charge in [0.1, 0.15) is 12.2 Å². The first-order valence-corrected chi connectivity index (χ1v) is 8.22. The van der Waals surface area contributed by atoms with Gasteiger partial charge in [0.15, 0.2) is 5.58 Å². The van der Waals surface area contributed by atoms with Gasteiger partial charge in [-0.2, -0.15) is 0 Å². The second-order valence-corrected chi connectivity index (χ2v) is 5.80. The molecule has 2 aromatic heterocycles. The molecule has 1 fully saturated rings. The maximum atomic E-state index is 12.6. The molecule has 0 radical (unpaired) electrons. The van der Waals surface area contributed by atoms with Crippen LogP contribution >= 0.6 is 0 Å². The smallest absolute Gasteiger partial charge is 0.355 e.